The highest BCUT2D eigenvalue weighted by atomic mass is 35.5. The molecule has 3 nitrogen and oxygen atoms in total. The van der Waals surface area contributed by atoms with Crippen LogP contribution >= 0.6 is 23.2 Å². The van der Waals surface area contributed by atoms with E-state index in [2.05, 4.69) is 18.8 Å². The second-order valence-corrected chi connectivity index (χ2v) is 6.58. The van der Waals surface area contributed by atoms with E-state index in [0.717, 1.165) is 17.8 Å². The molecule has 21 heavy (non-hydrogen) atoms. The molecule has 0 atom stereocenters. The molecular weight excluding hydrogens is 314 g/mol. The number of alkyl halides is 1. The van der Waals surface area contributed by atoms with Crippen LogP contribution in [-0.4, -0.2) is 23.3 Å². The highest BCUT2D eigenvalue weighted by Crippen LogP contribution is 2.29. The number of rotatable bonds is 6. The molecule has 0 fully saturated rings. The molecule has 6 heteroatoms. The third-order valence-electron chi connectivity index (χ3n) is 3.56. The van der Waals surface area contributed by atoms with Crippen molar-refractivity contribution in [2.45, 2.75) is 32.7 Å². The largest absolute Gasteiger partial charge is 0.385 e. The van der Waals surface area contributed by atoms with Crippen LogP contribution in [0.25, 0.3) is 11.0 Å². The van der Waals surface area contributed by atoms with Gasteiger partial charge in [-0.15, -0.1) is 11.6 Å². The minimum absolute atomic E-state index is 0.0133. The van der Waals surface area contributed by atoms with Crippen molar-refractivity contribution >= 4 is 34.2 Å². The predicted molar refractivity (Wildman–Crippen MR) is 84.5 cm³/mol. The van der Waals surface area contributed by atoms with Crippen LogP contribution in [0, 0.1) is 11.2 Å². The fourth-order valence-corrected chi connectivity index (χ4v) is 2.70. The zero-order valence-electron chi connectivity index (χ0n) is 12.4. The maximum atomic E-state index is 13.8. The molecule has 0 saturated heterocycles. The number of aromatic nitrogens is 2. The number of halogens is 3. The third-order valence-corrected chi connectivity index (χ3v) is 4.09. The molecule has 0 N–H and O–H groups in total. The lowest BCUT2D eigenvalue weighted by Gasteiger charge is -2.26. The van der Waals surface area contributed by atoms with Gasteiger partial charge in [0.2, 0.25) is 0 Å². The highest BCUT2D eigenvalue weighted by Gasteiger charge is 2.22. The highest BCUT2D eigenvalue weighted by molar-refractivity contribution is 6.31. The Morgan fingerprint density at radius 3 is 2.71 bits per heavy atom. The number of benzene rings is 1. The average Bonchev–Trinajstić information content (AvgIpc) is 2.74. The summed E-state index contributed by atoms with van der Waals surface area (Å²) in [6.07, 6.45) is 0.890. The van der Waals surface area contributed by atoms with Crippen molar-refractivity contribution in [1.29, 1.82) is 0 Å². The summed E-state index contributed by atoms with van der Waals surface area (Å²) in [5.41, 5.74) is 1.37. The Hall–Kier alpha value is -0.840. The minimum atomic E-state index is -0.443. The van der Waals surface area contributed by atoms with Crippen LogP contribution in [0.3, 0.4) is 0 Å². The van der Waals surface area contributed by atoms with Gasteiger partial charge < -0.3 is 9.30 Å². The Morgan fingerprint density at radius 2 is 2.10 bits per heavy atom. The summed E-state index contributed by atoms with van der Waals surface area (Å²) >= 11 is 11.8. The van der Waals surface area contributed by atoms with E-state index in [1.54, 1.807) is 13.2 Å². The third kappa shape index (κ3) is 3.68. The van der Waals surface area contributed by atoms with Crippen LogP contribution in [0.15, 0.2) is 12.1 Å². The van der Waals surface area contributed by atoms with Crippen molar-refractivity contribution in [2.75, 3.05) is 13.7 Å². The van der Waals surface area contributed by atoms with Gasteiger partial charge in [0.15, 0.2) is 0 Å². The molecule has 116 valence electrons. The van der Waals surface area contributed by atoms with Gasteiger partial charge in [-0.25, -0.2) is 9.37 Å². The molecule has 1 heterocycles. The number of nitrogens with zero attached hydrogens (tertiary/aromatic N) is 2. The van der Waals surface area contributed by atoms with Crippen LogP contribution in [0.1, 0.15) is 26.1 Å². The van der Waals surface area contributed by atoms with Gasteiger partial charge in [-0.1, -0.05) is 25.4 Å². The molecule has 0 amide bonds. The minimum Gasteiger partial charge on any atom is -0.385 e. The Morgan fingerprint density at radius 1 is 1.38 bits per heavy atom. The van der Waals surface area contributed by atoms with E-state index in [1.165, 1.54) is 6.07 Å². The summed E-state index contributed by atoms with van der Waals surface area (Å²) in [5, 5.41) is 0.0758. The zero-order chi connectivity index (χ0) is 15.6. The van der Waals surface area contributed by atoms with E-state index in [9.17, 15) is 4.39 Å². The number of methoxy groups -OCH3 is 1. The second-order valence-electron chi connectivity index (χ2n) is 5.91. The fourth-order valence-electron chi connectivity index (χ4n) is 2.33. The lowest BCUT2D eigenvalue weighted by Crippen LogP contribution is -2.22. The van der Waals surface area contributed by atoms with Crippen molar-refractivity contribution in [3.63, 3.8) is 0 Å². The van der Waals surface area contributed by atoms with Gasteiger partial charge >= 0.3 is 0 Å². The van der Waals surface area contributed by atoms with Gasteiger partial charge in [0.25, 0.3) is 0 Å². The van der Waals surface area contributed by atoms with Gasteiger partial charge in [-0.3, -0.25) is 0 Å². The van der Waals surface area contributed by atoms with Gasteiger partial charge in [0.05, 0.1) is 21.9 Å². The van der Waals surface area contributed by atoms with Crippen molar-refractivity contribution in [1.82, 2.24) is 9.55 Å². The number of ether oxygens (including phenoxy) is 1. The lowest BCUT2D eigenvalue weighted by molar-refractivity contribution is 0.143. The first-order valence-electron chi connectivity index (χ1n) is 6.77. The zero-order valence-corrected chi connectivity index (χ0v) is 13.9. The molecule has 0 saturated carbocycles. The van der Waals surface area contributed by atoms with Crippen molar-refractivity contribution < 1.29 is 9.13 Å². The first kappa shape index (κ1) is 16.5. The molecule has 0 aliphatic rings. The van der Waals surface area contributed by atoms with Crippen molar-refractivity contribution in [3.05, 3.63) is 28.8 Å². The van der Waals surface area contributed by atoms with Gasteiger partial charge in [0.1, 0.15) is 11.6 Å². The van der Waals surface area contributed by atoms with E-state index in [0.29, 0.717) is 18.7 Å². The molecule has 1 aromatic carbocycles. The number of hydrogen-bond donors (Lipinski definition) is 0. The Bertz CT molecular complexity index is 640. The van der Waals surface area contributed by atoms with E-state index >= 15 is 0 Å². The van der Waals surface area contributed by atoms with E-state index in [-0.39, 0.29) is 16.3 Å². The second kappa shape index (κ2) is 6.51. The van der Waals surface area contributed by atoms with Crippen LogP contribution in [-0.2, 0) is 17.2 Å². The topological polar surface area (TPSA) is 27.1 Å². The summed E-state index contributed by atoms with van der Waals surface area (Å²) in [5.74, 6) is 0.550. The fraction of sp³-hybridized carbons (Fsp3) is 0.533. The number of imidazole rings is 1. The summed E-state index contributed by atoms with van der Waals surface area (Å²) in [7, 11) is 1.68. The Balaban J connectivity index is 2.44. The first-order valence-corrected chi connectivity index (χ1v) is 7.68. The predicted octanol–water partition coefficient (Wildman–Crippen LogP) is 4.63. The van der Waals surface area contributed by atoms with Crippen molar-refractivity contribution in [2.24, 2.45) is 5.41 Å². The molecule has 0 aliphatic carbocycles. The first-order chi connectivity index (χ1) is 9.88. The molecule has 0 bridgehead atoms. The van der Waals surface area contributed by atoms with Gasteiger partial charge in [-0.2, -0.15) is 0 Å². The summed E-state index contributed by atoms with van der Waals surface area (Å²) in [6, 6.07) is 2.97. The molecule has 0 unspecified atom stereocenters. The maximum Gasteiger partial charge on any atom is 0.144 e. The quantitative estimate of drug-likeness (QED) is 0.721. The van der Waals surface area contributed by atoms with E-state index in [1.807, 2.05) is 4.57 Å². The molecule has 1 aromatic heterocycles. The van der Waals surface area contributed by atoms with E-state index in [4.69, 9.17) is 27.9 Å². The molecule has 0 spiro atoms. The summed E-state index contributed by atoms with van der Waals surface area (Å²) in [4.78, 5) is 4.45. The van der Waals surface area contributed by atoms with Crippen molar-refractivity contribution in [3.8, 4) is 0 Å². The summed E-state index contributed by atoms with van der Waals surface area (Å²) in [6.45, 7) is 5.65. The Kier molecular flexibility index (Phi) is 5.12. The molecule has 0 radical (unpaired) electrons. The molecule has 2 rings (SSSR count). The Labute approximate surface area is 134 Å². The standard InChI is InChI=1S/C15H19Cl2FN2O/c1-15(2,4-5-21-3)9-20-13-7-11(18)10(17)6-12(13)19-14(20)8-16/h6-7H,4-5,8-9H2,1-3H3. The number of fused-ring (bicyclic) bond motifs is 1. The van der Waals surface area contributed by atoms with Gasteiger partial charge in [0, 0.05) is 26.3 Å². The molecule has 2 aromatic rings. The summed E-state index contributed by atoms with van der Waals surface area (Å²) < 4.78 is 20.9. The van der Waals surface area contributed by atoms with Crippen LogP contribution in [0.5, 0.6) is 0 Å². The SMILES string of the molecule is COCCC(C)(C)Cn1c(CCl)nc2cc(Cl)c(F)cc21. The molecule has 0 aliphatic heterocycles. The van der Waals surface area contributed by atoms with Crippen LogP contribution in [0.2, 0.25) is 5.02 Å². The van der Waals surface area contributed by atoms with E-state index < -0.39 is 5.82 Å². The smallest absolute Gasteiger partial charge is 0.144 e. The molecular formula is C15H19Cl2FN2O. The average molecular weight is 333 g/mol. The lowest BCUT2D eigenvalue weighted by atomic mass is 9.89. The van der Waals surface area contributed by atoms with Gasteiger partial charge in [-0.05, 0) is 17.9 Å². The maximum absolute atomic E-state index is 13.8. The number of hydrogen-bond acceptors (Lipinski definition) is 2. The van der Waals surface area contributed by atoms with Crippen LogP contribution in [0.4, 0.5) is 4.39 Å². The normalized spacial score (nSPS) is 12.3. The van der Waals surface area contributed by atoms with Crippen LogP contribution < -0.4 is 0 Å². The monoisotopic (exact) mass is 332 g/mol.